The van der Waals surface area contributed by atoms with Gasteiger partial charge in [-0.1, -0.05) is 47.5 Å². The highest BCUT2D eigenvalue weighted by molar-refractivity contribution is 6.52. The van der Waals surface area contributed by atoms with Crippen LogP contribution in [-0.2, 0) is 14.3 Å². The first kappa shape index (κ1) is 26.1. The van der Waals surface area contributed by atoms with Crippen molar-refractivity contribution in [2.24, 2.45) is 0 Å². The Balaban J connectivity index is 1.99. The molecule has 0 bridgehead atoms. The monoisotopic (exact) mass is 541 g/mol. The predicted octanol–water partition coefficient (Wildman–Crippen LogP) is 5.42. The standard InChI is InChI=1S/C27H21Cl2NO7/c1-35-20-10-5-4-9-17(20)22-21(23(31)15-12-18(28)25(36-2)19(29)13-15)24(32)26(33)30(22)16-8-6-7-14(11-16)27(34)37-3/h4-13,22,31H,1-3H3/b23-21+. The zero-order valence-electron chi connectivity index (χ0n) is 20.0. The van der Waals surface area contributed by atoms with Gasteiger partial charge in [-0.25, -0.2) is 4.79 Å². The zero-order valence-corrected chi connectivity index (χ0v) is 21.5. The van der Waals surface area contributed by atoms with E-state index in [4.69, 9.17) is 37.4 Å². The first-order valence-electron chi connectivity index (χ1n) is 10.9. The Hall–Kier alpha value is -4.01. The van der Waals surface area contributed by atoms with Crippen LogP contribution in [0.2, 0.25) is 10.0 Å². The molecule has 1 saturated heterocycles. The minimum atomic E-state index is -1.11. The predicted molar refractivity (Wildman–Crippen MR) is 139 cm³/mol. The van der Waals surface area contributed by atoms with Gasteiger partial charge < -0.3 is 19.3 Å². The molecule has 1 aliphatic heterocycles. The zero-order chi connectivity index (χ0) is 26.9. The van der Waals surface area contributed by atoms with E-state index in [9.17, 15) is 19.5 Å². The first-order valence-corrected chi connectivity index (χ1v) is 11.6. The number of ketones is 1. The Morgan fingerprint density at radius 3 is 2.19 bits per heavy atom. The van der Waals surface area contributed by atoms with Gasteiger partial charge >= 0.3 is 5.97 Å². The van der Waals surface area contributed by atoms with Crippen molar-refractivity contribution in [3.05, 3.63) is 93.0 Å². The molecule has 0 spiro atoms. The van der Waals surface area contributed by atoms with E-state index in [0.29, 0.717) is 11.3 Å². The quantitative estimate of drug-likeness (QED) is 0.192. The molecule has 1 atom stereocenters. The summed E-state index contributed by atoms with van der Waals surface area (Å²) in [5.41, 5.74) is 0.743. The molecule has 0 saturated carbocycles. The summed E-state index contributed by atoms with van der Waals surface area (Å²) in [5.74, 6) is -2.39. The van der Waals surface area contributed by atoms with E-state index in [1.807, 2.05) is 0 Å². The number of aliphatic hydroxyl groups excluding tert-OH is 1. The van der Waals surface area contributed by atoms with Gasteiger partial charge in [-0.3, -0.25) is 14.5 Å². The summed E-state index contributed by atoms with van der Waals surface area (Å²) in [7, 11) is 4.08. The number of hydrogen-bond acceptors (Lipinski definition) is 7. The largest absolute Gasteiger partial charge is 0.507 e. The molecule has 1 fully saturated rings. The van der Waals surface area contributed by atoms with E-state index in [1.165, 1.54) is 50.5 Å². The van der Waals surface area contributed by atoms with Crippen LogP contribution in [0.5, 0.6) is 11.5 Å². The Kier molecular flexibility index (Phi) is 7.42. The number of nitrogens with zero attached hydrogens (tertiary/aromatic N) is 1. The van der Waals surface area contributed by atoms with Crippen LogP contribution in [-0.4, -0.2) is 44.1 Å². The van der Waals surface area contributed by atoms with Crippen molar-refractivity contribution in [3.8, 4) is 11.5 Å². The van der Waals surface area contributed by atoms with Gasteiger partial charge in [0.1, 0.15) is 11.5 Å². The number of rotatable bonds is 6. The highest BCUT2D eigenvalue weighted by atomic mass is 35.5. The second-order valence-corrected chi connectivity index (χ2v) is 8.74. The maximum absolute atomic E-state index is 13.4. The van der Waals surface area contributed by atoms with Gasteiger partial charge in [0.25, 0.3) is 11.7 Å². The number of hydrogen-bond donors (Lipinski definition) is 1. The number of benzene rings is 3. The molecular weight excluding hydrogens is 521 g/mol. The third-order valence-electron chi connectivity index (χ3n) is 5.90. The fourth-order valence-corrected chi connectivity index (χ4v) is 4.87. The average molecular weight is 542 g/mol. The molecule has 1 unspecified atom stereocenters. The SMILES string of the molecule is COC(=O)c1cccc(N2C(=O)C(=O)/C(=C(/O)c3cc(Cl)c(OC)c(Cl)c3)C2c2ccccc2OC)c1. The van der Waals surface area contributed by atoms with Crippen molar-refractivity contribution in [2.45, 2.75) is 6.04 Å². The minimum Gasteiger partial charge on any atom is -0.507 e. The fraction of sp³-hybridized carbons (Fsp3) is 0.148. The minimum absolute atomic E-state index is 0.102. The van der Waals surface area contributed by atoms with Gasteiger partial charge in [-0.05, 0) is 36.4 Å². The van der Waals surface area contributed by atoms with E-state index in [1.54, 1.807) is 36.4 Å². The number of carbonyl (C=O) groups excluding carboxylic acids is 3. The van der Waals surface area contributed by atoms with Crippen molar-refractivity contribution < 1.29 is 33.7 Å². The highest BCUT2D eigenvalue weighted by Crippen LogP contribution is 2.46. The number of aliphatic hydroxyl groups is 1. The smallest absolute Gasteiger partial charge is 0.337 e. The van der Waals surface area contributed by atoms with Crippen LogP contribution >= 0.6 is 23.2 Å². The molecule has 1 N–H and O–H groups in total. The molecule has 0 radical (unpaired) electrons. The summed E-state index contributed by atoms with van der Waals surface area (Å²) in [6.45, 7) is 0. The van der Waals surface area contributed by atoms with Crippen LogP contribution in [0.15, 0.2) is 66.2 Å². The van der Waals surface area contributed by atoms with Gasteiger partial charge in [0.2, 0.25) is 0 Å². The average Bonchev–Trinajstić information content (AvgIpc) is 3.17. The van der Waals surface area contributed by atoms with Crippen LogP contribution in [0.1, 0.15) is 27.5 Å². The second-order valence-electron chi connectivity index (χ2n) is 7.93. The number of amides is 1. The summed E-state index contributed by atoms with van der Waals surface area (Å²) in [4.78, 5) is 40.2. The summed E-state index contributed by atoms with van der Waals surface area (Å²) >= 11 is 12.5. The molecule has 1 aliphatic rings. The van der Waals surface area contributed by atoms with Crippen molar-refractivity contribution >= 4 is 52.3 Å². The van der Waals surface area contributed by atoms with Gasteiger partial charge in [-0.15, -0.1) is 0 Å². The number of Topliss-reactive ketones (excluding diaryl/α,β-unsaturated/α-hetero) is 1. The molecule has 1 heterocycles. The summed E-state index contributed by atoms with van der Waals surface area (Å²) in [6, 6.07) is 14.5. The lowest BCUT2D eigenvalue weighted by atomic mass is 9.94. The Labute approximate surface area is 222 Å². The van der Waals surface area contributed by atoms with Crippen molar-refractivity contribution in [1.82, 2.24) is 0 Å². The maximum Gasteiger partial charge on any atom is 0.337 e. The molecule has 0 aliphatic carbocycles. The Bertz CT molecular complexity index is 1430. The van der Waals surface area contributed by atoms with E-state index in [0.717, 1.165) is 0 Å². The number of esters is 1. The molecule has 10 heteroatoms. The van der Waals surface area contributed by atoms with Crippen molar-refractivity contribution in [2.75, 3.05) is 26.2 Å². The molecule has 190 valence electrons. The number of halogens is 2. The third kappa shape index (κ3) is 4.61. The van der Waals surface area contributed by atoms with Gasteiger partial charge in [-0.2, -0.15) is 0 Å². The number of anilines is 1. The lowest BCUT2D eigenvalue weighted by molar-refractivity contribution is -0.132. The Morgan fingerprint density at radius 2 is 1.57 bits per heavy atom. The van der Waals surface area contributed by atoms with E-state index < -0.39 is 29.5 Å². The van der Waals surface area contributed by atoms with Gasteiger partial charge in [0.15, 0.2) is 5.75 Å². The third-order valence-corrected chi connectivity index (χ3v) is 6.46. The lowest BCUT2D eigenvalue weighted by Crippen LogP contribution is -2.29. The van der Waals surface area contributed by atoms with Crippen LogP contribution < -0.4 is 14.4 Å². The van der Waals surface area contributed by atoms with Crippen molar-refractivity contribution in [3.63, 3.8) is 0 Å². The van der Waals surface area contributed by atoms with Crippen LogP contribution in [0.4, 0.5) is 5.69 Å². The van der Waals surface area contributed by atoms with Gasteiger partial charge in [0, 0.05) is 16.8 Å². The van der Waals surface area contributed by atoms with Crippen LogP contribution in [0, 0.1) is 0 Å². The van der Waals surface area contributed by atoms with Crippen LogP contribution in [0.3, 0.4) is 0 Å². The van der Waals surface area contributed by atoms with Crippen molar-refractivity contribution in [1.29, 1.82) is 0 Å². The highest BCUT2D eigenvalue weighted by Gasteiger charge is 2.48. The summed E-state index contributed by atoms with van der Waals surface area (Å²) in [6.07, 6.45) is 0. The molecule has 4 rings (SSSR count). The molecule has 1 amide bonds. The second kappa shape index (κ2) is 10.5. The summed E-state index contributed by atoms with van der Waals surface area (Å²) in [5, 5.41) is 11.6. The number of ether oxygens (including phenoxy) is 3. The van der Waals surface area contributed by atoms with Crippen LogP contribution in [0.25, 0.3) is 5.76 Å². The number of carbonyl (C=O) groups is 3. The molecule has 3 aromatic rings. The number of methoxy groups -OCH3 is 3. The van der Waals surface area contributed by atoms with E-state index in [-0.39, 0.29) is 38.2 Å². The number of para-hydroxylation sites is 1. The molecule has 0 aromatic heterocycles. The fourth-order valence-electron chi connectivity index (χ4n) is 4.23. The van der Waals surface area contributed by atoms with Gasteiger partial charge in [0.05, 0.1) is 48.6 Å². The summed E-state index contributed by atoms with van der Waals surface area (Å²) < 4.78 is 15.5. The lowest BCUT2D eigenvalue weighted by Gasteiger charge is -2.27. The van der Waals surface area contributed by atoms with E-state index >= 15 is 0 Å². The van der Waals surface area contributed by atoms with E-state index in [2.05, 4.69) is 0 Å². The normalized spacial score (nSPS) is 16.6. The topological polar surface area (TPSA) is 102 Å². The molecule has 8 nitrogen and oxygen atoms in total. The molecule has 3 aromatic carbocycles. The maximum atomic E-state index is 13.4. The first-order chi connectivity index (χ1) is 17.7. The molecular formula is C27H21Cl2NO7. The molecule has 37 heavy (non-hydrogen) atoms. The Morgan fingerprint density at radius 1 is 0.892 bits per heavy atom.